The highest BCUT2D eigenvalue weighted by Gasteiger charge is 2.21. The first-order valence-electron chi connectivity index (χ1n) is 24.1. The molecular formula is C68H46N2. The van der Waals surface area contributed by atoms with Gasteiger partial charge in [-0.05, 0) is 115 Å². The number of aromatic nitrogens is 1. The molecule has 328 valence electrons. The Kier molecular flexibility index (Phi) is 10.2. The lowest BCUT2D eigenvalue weighted by atomic mass is 9.92. The van der Waals surface area contributed by atoms with Crippen LogP contribution in [-0.2, 0) is 0 Å². The molecule has 1 heterocycles. The topological polar surface area (TPSA) is 8.17 Å². The molecule has 0 radical (unpaired) electrons. The van der Waals surface area contributed by atoms with E-state index in [1.807, 2.05) is 0 Å². The molecule has 0 spiro atoms. The average Bonchev–Trinajstić information content (AvgIpc) is 3.78. The van der Waals surface area contributed by atoms with Crippen molar-refractivity contribution in [2.45, 2.75) is 0 Å². The number of para-hydroxylation sites is 3. The van der Waals surface area contributed by atoms with Gasteiger partial charge in [-0.3, -0.25) is 0 Å². The number of hydrogen-bond donors (Lipinski definition) is 0. The van der Waals surface area contributed by atoms with Crippen LogP contribution in [0, 0.1) is 0 Å². The van der Waals surface area contributed by atoms with Gasteiger partial charge in [-0.25, -0.2) is 0 Å². The van der Waals surface area contributed by atoms with Gasteiger partial charge in [0.2, 0.25) is 0 Å². The molecule has 13 aromatic rings. The van der Waals surface area contributed by atoms with Crippen LogP contribution in [0.15, 0.2) is 279 Å². The maximum absolute atomic E-state index is 2.44. The Labute approximate surface area is 408 Å². The van der Waals surface area contributed by atoms with E-state index in [0.717, 1.165) is 45.0 Å². The molecule has 70 heavy (non-hydrogen) atoms. The fraction of sp³-hybridized carbons (Fsp3) is 0. The summed E-state index contributed by atoms with van der Waals surface area (Å²) in [4.78, 5) is 2.44. The van der Waals surface area contributed by atoms with E-state index < -0.39 is 0 Å². The van der Waals surface area contributed by atoms with Crippen LogP contribution in [0.3, 0.4) is 0 Å². The third kappa shape index (κ3) is 7.22. The van der Waals surface area contributed by atoms with Crippen molar-refractivity contribution in [1.29, 1.82) is 0 Å². The molecule has 0 atom stereocenters. The van der Waals surface area contributed by atoms with Crippen LogP contribution < -0.4 is 4.90 Å². The monoisotopic (exact) mass is 890 g/mol. The van der Waals surface area contributed by atoms with Crippen molar-refractivity contribution in [3.8, 4) is 61.3 Å². The summed E-state index contributed by atoms with van der Waals surface area (Å²) in [5, 5.41) is 7.50. The Bertz CT molecular complexity index is 3970. The van der Waals surface area contributed by atoms with E-state index in [0.29, 0.717) is 0 Å². The molecule has 12 aromatic carbocycles. The minimum absolute atomic E-state index is 1.07. The van der Waals surface area contributed by atoms with Crippen molar-refractivity contribution in [1.82, 2.24) is 4.57 Å². The first kappa shape index (κ1) is 41.0. The Morgan fingerprint density at radius 1 is 0.243 bits per heavy atom. The van der Waals surface area contributed by atoms with Gasteiger partial charge in [0, 0.05) is 33.3 Å². The predicted molar refractivity (Wildman–Crippen MR) is 298 cm³/mol. The van der Waals surface area contributed by atoms with Crippen LogP contribution in [0.5, 0.6) is 0 Å². The Morgan fingerprint density at radius 3 is 1.36 bits per heavy atom. The van der Waals surface area contributed by atoms with E-state index in [2.05, 4.69) is 289 Å². The van der Waals surface area contributed by atoms with Gasteiger partial charge in [0.1, 0.15) is 0 Å². The third-order valence-electron chi connectivity index (χ3n) is 14.0. The molecule has 0 N–H and O–H groups in total. The number of benzene rings is 12. The van der Waals surface area contributed by atoms with E-state index in [-0.39, 0.29) is 0 Å². The second-order valence-electron chi connectivity index (χ2n) is 18.0. The largest absolute Gasteiger partial charge is 0.310 e. The zero-order valence-corrected chi connectivity index (χ0v) is 38.5. The molecule has 0 amide bonds. The average molecular weight is 891 g/mol. The highest BCUT2D eigenvalue weighted by atomic mass is 15.1. The summed E-state index contributed by atoms with van der Waals surface area (Å²) < 4.78 is 2.42. The van der Waals surface area contributed by atoms with Crippen LogP contribution in [0.4, 0.5) is 17.1 Å². The lowest BCUT2D eigenvalue weighted by Crippen LogP contribution is -2.11. The van der Waals surface area contributed by atoms with Gasteiger partial charge in [-0.15, -0.1) is 0 Å². The fourth-order valence-electron chi connectivity index (χ4n) is 10.6. The standard InChI is InChI=1S/C68H46N2/c1-3-16-47(17-4-1)48-30-32-49(33-31-48)50-34-40-55(41-35-50)69(56-42-36-53(37-43-56)59-22-9-12-27-65(59)70-66-28-13-10-23-63(66)64-24-11-14-29-67(64)70)68-46-54(39-44-60(68)51-18-5-2-6-19-51)58-25-15-26-61-57-21-8-7-20-52(57)38-45-62(58)61/h1-46H. The van der Waals surface area contributed by atoms with Crippen molar-refractivity contribution in [2.24, 2.45) is 0 Å². The summed E-state index contributed by atoms with van der Waals surface area (Å²) in [6.07, 6.45) is 0. The van der Waals surface area contributed by atoms with Gasteiger partial charge in [-0.2, -0.15) is 0 Å². The number of rotatable bonds is 9. The van der Waals surface area contributed by atoms with Crippen molar-refractivity contribution in [2.75, 3.05) is 4.90 Å². The van der Waals surface area contributed by atoms with Crippen LogP contribution in [0.2, 0.25) is 0 Å². The molecule has 2 heteroatoms. The van der Waals surface area contributed by atoms with Crippen molar-refractivity contribution in [3.63, 3.8) is 0 Å². The smallest absolute Gasteiger partial charge is 0.0546 e. The summed E-state index contributed by atoms with van der Waals surface area (Å²) in [5.41, 5.74) is 18.5. The lowest BCUT2D eigenvalue weighted by molar-refractivity contribution is 1.18. The minimum Gasteiger partial charge on any atom is -0.310 e. The van der Waals surface area contributed by atoms with E-state index in [9.17, 15) is 0 Å². The zero-order valence-electron chi connectivity index (χ0n) is 38.5. The van der Waals surface area contributed by atoms with Crippen LogP contribution in [0.25, 0.3) is 105 Å². The Balaban J connectivity index is 0.973. The molecular weight excluding hydrogens is 845 g/mol. The van der Waals surface area contributed by atoms with Gasteiger partial charge >= 0.3 is 0 Å². The molecule has 0 saturated carbocycles. The highest BCUT2D eigenvalue weighted by Crippen LogP contribution is 2.46. The Hall–Kier alpha value is -9.24. The molecule has 0 aliphatic heterocycles. The molecule has 0 aliphatic carbocycles. The van der Waals surface area contributed by atoms with E-state index >= 15 is 0 Å². The molecule has 1 aromatic heterocycles. The van der Waals surface area contributed by atoms with Gasteiger partial charge in [-0.1, -0.05) is 231 Å². The van der Waals surface area contributed by atoms with Crippen molar-refractivity contribution < 1.29 is 0 Å². The molecule has 0 saturated heterocycles. The minimum atomic E-state index is 1.07. The van der Waals surface area contributed by atoms with Gasteiger partial charge < -0.3 is 9.47 Å². The normalized spacial score (nSPS) is 11.4. The van der Waals surface area contributed by atoms with Crippen LogP contribution >= 0.6 is 0 Å². The maximum Gasteiger partial charge on any atom is 0.0546 e. The summed E-state index contributed by atoms with van der Waals surface area (Å²) >= 11 is 0. The summed E-state index contributed by atoms with van der Waals surface area (Å²) in [7, 11) is 0. The van der Waals surface area contributed by atoms with Crippen LogP contribution in [-0.4, -0.2) is 4.57 Å². The third-order valence-corrected chi connectivity index (χ3v) is 14.0. The first-order chi connectivity index (χ1) is 34.7. The first-order valence-corrected chi connectivity index (χ1v) is 24.1. The summed E-state index contributed by atoms with van der Waals surface area (Å²) in [5.74, 6) is 0. The van der Waals surface area contributed by atoms with Gasteiger partial charge in [0.05, 0.1) is 22.4 Å². The van der Waals surface area contributed by atoms with Gasteiger partial charge in [0.15, 0.2) is 0 Å². The van der Waals surface area contributed by atoms with Gasteiger partial charge in [0.25, 0.3) is 0 Å². The second kappa shape index (κ2) is 17.4. The molecule has 13 rings (SSSR count). The van der Waals surface area contributed by atoms with E-state index in [1.54, 1.807) is 0 Å². The fourth-order valence-corrected chi connectivity index (χ4v) is 10.6. The van der Waals surface area contributed by atoms with Crippen molar-refractivity contribution in [3.05, 3.63) is 279 Å². The Morgan fingerprint density at radius 2 is 0.700 bits per heavy atom. The molecule has 0 aliphatic rings. The number of nitrogens with zero attached hydrogens (tertiary/aromatic N) is 2. The molecule has 0 unspecified atom stereocenters. The van der Waals surface area contributed by atoms with E-state index in [1.165, 1.54) is 76.7 Å². The van der Waals surface area contributed by atoms with E-state index in [4.69, 9.17) is 0 Å². The molecule has 0 bridgehead atoms. The zero-order chi connectivity index (χ0) is 46.4. The number of anilines is 3. The second-order valence-corrected chi connectivity index (χ2v) is 18.0. The SMILES string of the molecule is c1ccc(-c2ccc(-c3ccc(N(c4ccc(-c5ccccc5-n5c6ccccc6c6ccccc65)cc4)c4cc(-c5cccc6c5ccc5ccccc56)ccc4-c4ccccc4)cc3)cc2)cc1. The molecule has 2 nitrogen and oxygen atoms in total. The highest BCUT2D eigenvalue weighted by molar-refractivity contribution is 6.13. The maximum atomic E-state index is 2.44. The number of hydrogen-bond acceptors (Lipinski definition) is 1. The quantitative estimate of drug-likeness (QED) is 0.131. The van der Waals surface area contributed by atoms with Crippen LogP contribution in [0.1, 0.15) is 0 Å². The van der Waals surface area contributed by atoms with Crippen molar-refractivity contribution >= 4 is 60.4 Å². The summed E-state index contributed by atoms with van der Waals surface area (Å²) in [6.45, 7) is 0. The number of fused-ring (bicyclic) bond motifs is 6. The predicted octanol–water partition coefficient (Wildman–Crippen LogP) is 18.9. The molecule has 0 fully saturated rings. The summed E-state index contributed by atoms with van der Waals surface area (Å²) in [6, 6.07) is 102. The lowest BCUT2D eigenvalue weighted by Gasteiger charge is -2.29.